The number of hydrogen-bond acceptors (Lipinski definition) is 1. The number of unbranched alkanes of at least 4 members (excludes halogenated alkanes) is 4. The Morgan fingerprint density at radius 1 is 1.18 bits per heavy atom. The van der Waals surface area contributed by atoms with E-state index in [9.17, 15) is 0 Å². The Morgan fingerprint density at radius 3 is 2.36 bits per heavy atom. The molecule has 0 aliphatic rings. The van der Waals surface area contributed by atoms with Crippen LogP contribution in [0.25, 0.3) is 0 Å². The van der Waals surface area contributed by atoms with Gasteiger partial charge in [0.2, 0.25) is 0 Å². The monoisotopic (exact) mass is 155 g/mol. The summed E-state index contributed by atoms with van der Waals surface area (Å²) in [7, 11) is 0. The predicted molar refractivity (Wildman–Crippen MR) is 49.3 cm³/mol. The van der Waals surface area contributed by atoms with E-state index in [4.69, 9.17) is 5.11 Å². The van der Waals surface area contributed by atoms with Crippen molar-refractivity contribution >= 4 is 0 Å². The fourth-order valence-electron chi connectivity index (χ4n) is 1.02. The highest BCUT2D eigenvalue weighted by Crippen LogP contribution is 2.06. The van der Waals surface area contributed by atoms with Crippen molar-refractivity contribution < 1.29 is 5.11 Å². The molecule has 11 heavy (non-hydrogen) atoms. The minimum atomic E-state index is -0.366. The lowest BCUT2D eigenvalue weighted by molar-refractivity contribution is 0.205. The highest BCUT2D eigenvalue weighted by Gasteiger charge is 1.94. The van der Waals surface area contributed by atoms with Crippen LogP contribution in [-0.4, -0.2) is 11.2 Å². The fourth-order valence-corrected chi connectivity index (χ4v) is 1.02. The maximum Gasteiger partial charge on any atom is 0.0541 e. The van der Waals surface area contributed by atoms with Gasteiger partial charge in [-0.05, 0) is 26.2 Å². The summed E-state index contributed by atoms with van der Waals surface area (Å²) in [5, 5.41) is 8.83. The van der Waals surface area contributed by atoms with E-state index >= 15 is 0 Å². The predicted octanol–water partition coefficient (Wildman–Crippen LogP) is 2.71. The van der Waals surface area contributed by atoms with Crippen molar-refractivity contribution in [1.29, 1.82) is 0 Å². The quantitative estimate of drug-likeness (QED) is 0.442. The Labute approximate surface area is 70.1 Å². The molecule has 1 N–H and O–H groups in total. The van der Waals surface area contributed by atoms with E-state index in [1.807, 2.05) is 6.08 Å². The lowest BCUT2D eigenvalue weighted by Gasteiger charge is -2.02. The number of hydrogen-bond donors (Lipinski definition) is 1. The molecule has 0 saturated carbocycles. The molecule has 0 aromatic rings. The molecule has 1 nitrogen and oxygen atoms in total. The first-order valence-electron chi connectivity index (χ1n) is 4.39. The molecule has 0 aromatic heterocycles. The smallest absolute Gasteiger partial charge is 0.0541 e. The van der Waals surface area contributed by atoms with Gasteiger partial charge >= 0.3 is 0 Å². The minimum absolute atomic E-state index is 0.366. The zero-order valence-corrected chi connectivity index (χ0v) is 7.26. The van der Waals surface area contributed by atoms with Crippen molar-refractivity contribution in [2.75, 3.05) is 0 Å². The highest BCUT2D eigenvalue weighted by molar-refractivity contribution is 4.65. The summed E-state index contributed by atoms with van der Waals surface area (Å²) in [5.74, 6) is 0. The number of aliphatic hydroxyl groups excluding tert-OH is 1. The third-order valence-corrected chi connectivity index (χ3v) is 1.70. The van der Waals surface area contributed by atoms with Gasteiger partial charge in [0, 0.05) is 0 Å². The summed E-state index contributed by atoms with van der Waals surface area (Å²) in [6.07, 6.45) is 8.34. The van der Waals surface area contributed by atoms with E-state index in [1.165, 1.54) is 19.3 Å². The Balaban J connectivity index is 2.85. The first-order valence-corrected chi connectivity index (χ1v) is 4.39. The first kappa shape index (κ1) is 10.7. The van der Waals surface area contributed by atoms with Crippen LogP contribution in [0.2, 0.25) is 0 Å². The highest BCUT2D eigenvalue weighted by atomic mass is 16.3. The molecule has 0 aliphatic carbocycles. The van der Waals surface area contributed by atoms with Crippen LogP contribution in [0, 0.1) is 6.92 Å². The van der Waals surface area contributed by atoms with Gasteiger partial charge in [0.25, 0.3) is 0 Å². The van der Waals surface area contributed by atoms with E-state index in [1.54, 1.807) is 0 Å². The van der Waals surface area contributed by atoms with Crippen LogP contribution in [0.3, 0.4) is 0 Å². The lowest BCUT2D eigenvalue weighted by Crippen LogP contribution is -1.98. The minimum Gasteiger partial charge on any atom is -0.393 e. The van der Waals surface area contributed by atoms with Gasteiger partial charge in [-0.15, -0.1) is 6.58 Å². The molecule has 0 saturated heterocycles. The number of aliphatic hydroxyl groups is 1. The Hall–Kier alpha value is -0.300. The second kappa shape index (κ2) is 7.80. The zero-order valence-electron chi connectivity index (χ0n) is 7.26. The lowest BCUT2D eigenvalue weighted by atomic mass is 10.1. The Morgan fingerprint density at radius 2 is 1.82 bits per heavy atom. The van der Waals surface area contributed by atoms with Gasteiger partial charge in [-0.25, -0.2) is 0 Å². The molecule has 0 amide bonds. The molecule has 0 aromatic carbocycles. The van der Waals surface area contributed by atoms with Crippen molar-refractivity contribution in [2.45, 2.75) is 44.6 Å². The molecule has 0 spiro atoms. The summed E-state index contributed by atoms with van der Waals surface area (Å²) in [6.45, 7) is 7.17. The number of allylic oxidation sites excluding steroid dienone is 1. The molecule has 0 bridgehead atoms. The molecular weight excluding hydrogens is 136 g/mol. The largest absolute Gasteiger partial charge is 0.393 e. The van der Waals surface area contributed by atoms with Gasteiger partial charge in [0.1, 0.15) is 0 Å². The maximum absolute atomic E-state index is 8.83. The van der Waals surface area contributed by atoms with Crippen molar-refractivity contribution in [3.63, 3.8) is 0 Å². The van der Waals surface area contributed by atoms with Crippen LogP contribution < -0.4 is 0 Å². The fraction of sp³-hybridized carbons (Fsp3) is 0.700. The van der Waals surface area contributed by atoms with Crippen LogP contribution in [0.1, 0.15) is 38.5 Å². The Bertz CT molecular complexity index is 86.9. The molecule has 0 fully saturated rings. The Kier molecular flexibility index (Phi) is 7.59. The average molecular weight is 155 g/mol. The summed E-state index contributed by atoms with van der Waals surface area (Å²) in [6, 6.07) is 0. The molecule has 1 unspecified atom stereocenters. The third-order valence-electron chi connectivity index (χ3n) is 1.70. The summed E-state index contributed by atoms with van der Waals surface area (Å²) >= 11 is 0. The summed E-state index contributed by atoms with van der Waals surface area (Å²) < 4.78 is 0. The topological polar surface area (TPSA) is 20.2 Å². The van der Waals surface area contributed by atoms with E-state index < -0.39 is 0 Å². The molecule has 1 radical (unpaired) electrons. The van der Waals surface area contributed by atoms with Gasteiger partial charge in [0.15, 0.2) is 0 Å². The van der Waals surface area contributed by atoms with Crippen LogP contribution in [-0.2, 0) is 0 Å². The van der Waals surface area contributed by atoms with Crippen molar-refractivity contribution in [3.05, 3.63) is 19.6 Å². The van der Waals surface area contributed by atoms with Gasteiger partial charge in [-0.2, -0.15) is 0 Å². The SMILES string of the molecule is [CH2]C(O)CCCCCCC=C. The van der Waals surface area contributed by atoms with Crippen molar-refractivity contribution in [2.24, 2.45) is 0 Å². The van der Waals surface area contributed by atoms with Gasteiger partial charge < -0.3 is 5.11 Å². The van der Waals surface area contributed by atoms with Crippen LogP contribution in [0.4, 0.5) is 0 Å². The van der Waals surface area contributed by atoms with Crippen LogP contribution in [0.15, 0.2) is 12.7 Å². The maximum atomic E-state index is 8.83. The molecular formula is C10H19O. The van der Waals surface area contributed by atoms with E-state index in [-0.39, 0.29) is 6.10 Å². The molecule has 0 aliphatic heterocycles. The van der Waals surface area contributed by atoms with Crippen molar-refractivity contribution in [1.82, 2.24) is 0 Å². The molecule has 0 heterocycles. The second-order valence-corrected chi connectivity index (χ2v) is 2.93. The normalized spacial score (nSPS) is 12.9. The van der Waals surface area contributed by atoms with Gasteiger partial charge in [-0.3, -0.25) is 0 Å². The van der Waals surface area contributed by atoms with Crippen LogP contribution >= 0.6 is 0 Å². The molecule has 0 rings (SSSR count). The molecule has 65 valence electrons. The summed E-state index contributed by atoms with van der Waals surface area (Å²) in [4.78, 5) is 0. The summed E-state index contributed by atoms with van der Waals surface area (Å²) in [5.41, 5.74) is 0. The number of rotatable bonds is 7. The zero-order chi connectivity index (χ0) is 8.53. The van der Waals surface area contributed by atoms with Crippen molar-refractivity contribution in [3.8, 4) is 0 Å². The second-order valence-electron chi connectivity index (χ2n) is 2.93. The first-order chi connectivity index (χ1) is 5.27. The van der Waals surface area contributed by atoms with E-state index in [0.29, 0.717) is 0 Å². The third kappa shape index (κ3) is 9.70. The van der Waals surface area contributed by atoms with Gasteiger partial charge in [0.05, 0.1) is 6.10 Å². The average Bonchev–Trinajstić information content (AvgIpc) is 1.96. The molecule has 1 atom stereocenters. The standard InChI is InChI=1S/C10H19O/c1-3-4-5-6-7-8-9-10(2)11/h3,10-11H,1-2,4-9H2. The van der Waals surface area contributed by atoms with Crippen LogP contribution in [0.5, 0.6) is 0 Å². The van der Waals surface area contributed by atoms with E-state index in [2.05, 4.69) is 13.5 Å². The molecule has 1 heteroatoms. The van der Waals surface area contributed by atoms with E-state index in [0.717, 1.165) is 19.3 Å². The van der Waals surface area contributed by atoms with Gasteiger partial charge in [-0.1, -0.05) is 25.3 Å².